The highest BCUT2D eigenvalue weighted by atomic mass is 127. The van der Waals surface area contributed by atoms with Gasteiger partial charge in [0, 0.05) is 18.7 Å². The Kier molecular flexibility index (Phi) is 3.47. The van der Waals surface area contributed by atoms with Gasteiger partial charge in [0.15, 0.2) is 5.82 Å². The summed E-state index contributed by atoms with van der Waals surface area (Å²) in [6.07, 6.45) is 4.33. The molecule has 6 heteroatoms. The first-order chi connectivity index (χ1) is 8.79. The molecule has 2 aromatic rings. The predicted molar refractivity (Wildman–Crippen MR) is 82.0 cm³/mol. The zero-order valence-electron chi connectivity index (χ0n) is 9.98. The molecule has 2 heterocycles. The monoisotopic (exact) mass is 372 g/mol. The molecule has 1 aliphatic rings. The minimum Gasteiger partial charge on any atom is -0.369 e. The van der Waals surface area contributed by atoms with Crippen molar-refractivity contribution in [3.8, 4) is 10.7 Å². The Morgan fingerprint density at radius 2 is 2.28 bits per heavy atom. The van der Waals surface area contributed by atoms with Crippen molar-refractivity contribution in [2.24, 2.45) is 0 Å². The quantitative estimate of drug-likeness (QED) is 0.835. The summed E-state index contributed by atoms with van der Waals surface area (Å²) in [7, 11) is 0. The smallest absolute Gasteiger partial charge is 0.173 e. The van der Waals surface area contributed by atoms with E-state index >= 15 is 0 Å². The van der Waals surface area contributed by atoms with Gasteiger partial charge in [-0.05, 0) is 42.4 Å². The van der Waals surface area contributed by atoms with Crippen LogP contribution in [0.4, 0.5) is 5.82 Å². The van der Waals surface area contributed by atoms with E-state index < -0.39 is 0 Å². The topological polar surface area (TPSA) is 50.7 Å². The normalized spacial score (nSPS) is 14.8. The fourth-order valence-corrected chi connectivity index (χ4v) is 3.24. The molecule has 0 bridgehead atoms. The van der Waals surface area contributed by atoms with Crippen molar-refractivity contribution in [3.05, 3.63) is 21.0 Å². The second-order valence-corrected chi connectivity index (χ2v) is 6.23. The second-order valence-electron chi connectivity index (χ2n) is 4.27. The van der Waals surface area contributed by atoms with Gasteiger partial charge in [0.05, 0.1) is 19.7 Å². The largest absolute Gasteiger partial charge is 0.369 e. The van der Waals surface area contributed by atoms with Crippen molar-refractivity contribution in [2.75, 3.05) is 11.9 Å². The molecule has 0 aromatic carbocycles. The van der Waals surface area contributed by atoms with Crippen LogP contribution in [0, 0.1) is 3.57 Å². The lowest BCUT2D eigenvalue weighted by molar-refractivity contribution is 0.974. The molecule has 1 fully saturated rings. The third-order valence-electron chi connectivity index (χ3n) is 2.84. The first kappa shape index (κ1) is 12.3. The summed E-state index contributed by atoms with van der Waals surface area (Å²) in [5.74, 6) is 2.39. The summed E-state index contributed by atoms with van der Waals surface area (Å²) in [5, 5.41) is 3.33. The lowest BCUT2D eigenvalue weighted by Crippen LogP contribution is -2.07. The molecule has 0 aliphatic heterocycles. The SMILES string of the molecule is CCNc1nc(-c2cncs2)nc(C2CC2)c1I. The minimum absolute atomic E-state index is 0.629. The van der Waals surface area contributed by atoms with Crippen LogP contribution >= 0.6 is 33.9 Å². The Bertz CT molecular complexity index is 551. The molecule has 3 rings (SSSR count). The zero-order valence-corrected chi connectivity index (χ0v) is 13.0. The van der Waals surface area contributed by atoms with Gasteiger partial charge in [-0.25, -0.2) is 9.97 Å². The van der Waals surface area contributed by atoms with Gasteiger partial charge in [0.1, 0.15) is 5.82 Å². The van der Waals surface area contributed by atoms with Gasteiger partial charge in [-0.3, -0.25) is 4.98 Å². The average molecular weight is 372 g/mol. The van der Waals surface area contributed by atoms with E-state index in [4.69, 9.17) is 4.98 Å². The molecule has 0 spiro atoms. The Morgan fingerprint density at radius 3 is 2.89 bits per heavy atom. The predicted octanol–water partition coefficient (Wildman–Crippen LogP) is 3.51. The maximum atomic E-state index is 4.73. The highest BCUT2D eigenvalue weighted by Gasteiger charge is 2.29. The van der Waals surface area contributed by atoms with E-state index in [0.29, 0.717) is 5.92 Å². The molecule has 2 aromatic heterocycles. The molecule has 18 heavy (non-hydrogen) atoms. The molecule has 1 N–H and O–H groups in total. The Morgan fingerprint density at radius 1 is 1.44 bits per heavy atom. The van der Waals surface area contributed by atoms with E-state index in [1.54, 1.807) is 11.3 Å². The standard InChI is InChI=1S/C12H13IN4S/c1-2-15-12-9(13)10(7-3-4-7)16-11(17-12)8-5-14-6-18-8/h5-7H,2-4H2,1H3,(H,15,16,17). The number of halogens is 1. The van der Waals surface area contributed by atoms with Gasteiger partial charge in [0.25, 0.3) is 0 Å². The van der Waals surface area contributed by atoms with Gasteiger partial charge in [-0.1, -0.05) is 0 Å². The summed E-state index contributed by atoms with van der Waals surface area (Å²) in [4.78, 5) is 14.5. The molecule has 0 radical (unpaired) electrons. The summed E-state index contributed by atoms with van der Waals surface area (Å²) in [6.45, 7) is 2.96. The fourth-order valence-electron chi connectivity index (χ4n) is 1.81. The van der Waals surface area contributed by atoms with E-state index in [0.717, 1.165) is 23.1 Å². The van der Waals surface area contributed by atoms with Gasteiger partial charge in [-0.2, -0.15) is 0 Å². The molecular formula is C12H13IN4S. The lowest BCUT2D eigenvalue weighted by Gasteiger charge is -2.10. The van der Waals surface area contributed by atoms with Crippen molar-refractivity contribution < 1.29 is 0 Å². The van der Waals surface area contributed by atoms with Gasteiger partial charge in [-0.15, -0.1) is 11.3 Å². The summed E-state index contributed by atoms with van der Waals surface area (Å²) >= 11 is 3.94. The Hall–Kier alpha value is -0.760. The molecule has 1 aliphatic carbocycles. The van der Waals surface area contributed by atoms with Crippen LogP contribution in [0.25, 0.3) is 10.7 Å². The van der Waals surface area contributed by atoms with Crippen LogP contribution in [0.5, 0.6) is 0 Å². The maximum absolute atomic E-state index is 4.73. The third-order valence-corrected chi connectivity index (χ3v) is 4.67. The molecule has 0 amide bonds. The Balaban J connectivity index is 2.09. The molecule has 0 unspecified atom stereocenters. The first-order valence-electron chi connectivity index (χ1n) is 5.99. The summed E-state index contributed by atoms with van der Waals surface area (Å²) in [5.41, 5.74) is 3.02. The number of hydrogen-bond acceptors (Lipinski definition) is 5. The van der Waals surface area contributed by atoms with Crippen molar-refractivity contribution >= 4 is 39.7 Å². The zero-order chi connectivity index (χ0) is 12.5. The van der Waals surface area contributed by atoms with Gasteiger partial charge < -0.3 is 5.32 Å². The number of hydrogen-bond donors (Lipinski definition) is 1. The summed E-state index contributed by atoms with van der Waals surface area (Å²) in [6, 6.07) is 0. The average Bonchev–Trinajstić information content (AvgIpc) is 3.06. The van der Waals surface area contributed by atoms with Crippen molar-refractivity contribution in [3.63, 3.8) is 0 Å². The number of thiazole rings is 1. The third kappa shape index (κ3) is 2.35. The first-order valence-corrected chi connectivity index (χ1v) is 7.95. The molecule has 0 saturated heterocycles. The van der Waals surface area contributed by atoms with E-state index in [2.05, 4.69) is 44.8 Å². The van der Waals surface area contributed by atoms with Crippen LogP contribution in [0.15, 0.2) is 11.7 Å². The van der Waals surface area contributed by atoms with Crippen molar-refractivity contribution in [2.45, 2.75) is 25.7 Å². The molecule has 1 saturated carbocycles. The molecular weight excluding hydrogens is 359 g/mol. The van der Waals surface area contributed by atoms with Gasteiger partial charge in [0.2, 0.25) is 0 Å². The van der Waals surface area contributed by atoms with E-state index in [1.807, 2.05) is 11.7 Å². The summed E-state index contributed by atoms with van der Waals surface area (Å²) < 4.78 is 1.17. The fraction of sp³-hybridized carbons (Fsp3) is 0.417. The van der Waals surface area contributed by atoms with Crippen LogP contribution in [-0.2, 0) is 0 Å². The van der Waals surface area contributed by atoms with E-state index in [1.165, 1.54) is 22.1 Å². The number of nitrogens with one attached hydrogen (secondary N) is 1. The van der Waals surface area contributed by atoms with Gasteiger partial charge >= 0.3 is 0 Å². The number of rotatable bonds is 4. The van der Waals surface area contributed by atoms with Crippen LogP contribution in [0.2, 0.25) is 0 Å². The van der Waals surface area contributed by atoms with E-state index in [9.17, 15) is 0 Å². The van der Waals surface area contributed by atoms with Crippen LogP contribution in [0.1, 0.15) is 31.4 Å². The number of aromatic nitrogens is 3. The molecule has 0 atom stereocenters. The Labute approximate surface area is 123 Å². The van der Waals surface area contributed by atoms with Crippen LogP contribution in [-0.4, -0.2) is 21.5 Å². The minimum atomic E-state index is 0.629. The molecule has 94 valence electrons. The number of nitrogens with zero attached hydrogens (tertiary/aromatic N) is 3. The number of anilines is 1. The van der Waals surface area contributed by atoms with E-state index in [-0.39, 0.29) is 0 Å². The second kappa shape index (κ2) is 5.08. The van der Waals surface area contributed by atoms with Crippen LogP contribution < -0.4 is 5.32 Å². The molecule has 4 nitrogen and oxygen atoms in total. The highest BCUT2D eigenvalue weighted by molar-refractivity contribution is 14.1. The van der Waals surface area contributed by atoms with Crippen LogP contribution in [0.3, 0.4) is 0 Å². The van der Waals surface area contributed by atoms with Crippen molar-refractivity contribution in [1.82, 2.24) is 15.0 Å². The lowest BCUT2D eigenvalue weighted by atomic mass is 10.2. The highest BCUT2D eigenvalue weighted by Crippen LogP contribution is 2.43. The van der Waals surface area contributed by atoms with Crippen molar-refractivity contribution in [1.29, 1.82) is 0 Å². The maximum Gasteiger partial charge on any atom is 0.173 e.